The third-order valence-electron chi connectivity index (χ3n) is 4.66. The minimum absolute atomic E-state index is 0.203. The van der Waals surface area contributed by atoms with E-state index in [9.17, 15) is 4.79 Å². The Kier molecular flexibility index (Phi) is 4.33. The van der Waals surface area contributed by atoms with Crippen molar-refractivity contribution in [3.63, 3.8) is 0 Å². The summed E-state index contributed by atoms with van der Waals surface area (Å²) >= 11 is 0. The molecule has 0 spiro atoms. The predicted molar refractivity (Wildman–Crippen MR) is 93.0 cm³/mol. The lowest BCUT2D eigenvalue weighted by atomic mass is 10.1. The number of aromatic amines is 1. The van der Waals surface area contributed by atoms with E-state index in [0.717, 1.165) is 24.1 Å². The molecule has 1 aliphatic carbocycles. The van der Waals surface area contributed by atoms with Gasteiger partial charge in [-0.1, -0.05) is 41.9 Å². The van der Waals surface area contributed by atoms with Crippen LogP contribution in [0.5, 0.6) is 0 Å². The molecule has 0 unspecified atom stereocenters. The Morgan fingerprint density at radius 2 is 2.00 bits per heavy atom. The molecule has 4 rings (SSSR count). The maximum atomic E-state index is 12.6. The molecule has 128 valence electrons. The van der Waals surface area contributed by atoms with Crippen LogP contribution in [0.15, 0.2) is 41.1 Å². The summed E-state index contributed by atoms with van der Waals surface area (Å²) in [4.78, 5) is 12.6. The van der Waals surface area contributed by atoms with Gasteiger partial charge in [0.15, 0.2) is 5.76 Å². The number of carbonyl (C=O) groups excluding carboxylic acids is 1. The molecule has 0 aliphatic heterocycles. The number of benzene rings is 1. The number of nitrogens with one attached hydrogen (secondary N) is 2. The summed E-state index contributed by atoms with van der Waals surface area (Å²) in [5, 5.41) is 14.3. The van der Waals surface area contributed by atoms with Gasteiger partial charge in [-0.3, -0.25) is 9.89 Å². The first-order valence-corrected chi connectivity index (χ1v) is 8.66. The third kappa shape index (κ3) is 3.20. The number of aryl methyl sites for hydroxylation is 1. The van der Waals surface area contributed by atoms with E-state index < -0.39 is 0 Å². The molecule has 0 saturated heterocycles. The summed E-state index contributed by atoms with van der Waals surface area (Å²) in [5.41, 5.74) is 4.69. The van der Waals surface area contributed by atoms with Crippen molar-refractivity contribution < 1.29 is 9.32 Å². The molecule has 2 aromatic heterocycles. The molecule has 0 fully saturated rings. The summed E-state index contributed by atoms with van der Waals surface area (Å²) in [7, 11) is 0. The van der Waals surface area contributed by atoms with E-state index in [-0.39, 0.29) is 5.91 Å². The van der Waals surface area contributed by atoms with Gasteiger partial charge >= 0.3 is 0 Å². The normalized spacial score (nSPS) is 13.9. The number of H-pyrrole nitrogens is 1. The molecular weight excluding hydrogens is 316 g/mol. The number of carbonyl (C=O) groups is 1. The molecule has 25 heavy (non-hydrogen) atoms. The lowest BCUT2D eigenvalue weighted by Gasteiger charge is -2.05. The van der Waals surface area contributed by atoms with E-state index in [1.54, 1.807) is 0 Å². The first-order chi connectivity index (χ1) is 12.3. The Bertz CT molecular complexity index is 867. The van der Waals surface area contributed by atoms with Crippen molar-refractivity contribution in [1.29, 1.82) is 0 Å². The van der Waals surface area contributed by atoms with E-state index in [1.165, 1.54) is 36.7 Å². The SMILES string of the molecule is O=C(NCc1n[nH]c2c1CCCCC2)c1cnoc1-c1ccccc1. The highest BCUT2D eigenvalue weighted by Gasteiger charge is 2.20. The molecule has 1 aliphatic rings. The van der Waals surface area contributed by atoms with Gasteiger partial charge in [0.1, 0.15) is 5.56 Å². The average molecular weight is 336 g/mol. The molecule has 3 aromatic rings. The largest absolute Gasteiger partial charge is 0.355 e. The van der Waals surface area contributed by atoms with Gasteiger partial charge in [-0.05, 0) is 31.2 Å². The van der Waals surface area contributed by atoms with Crippen LogP contribution < -0.4 is 5.32 Å². The highest BCUT2D eigenvalue weighted by Crippen LogP contribution is 2.24. The average Bonchev–Trinajstić information content (AvgIpc) is 3.22. The zero-order valence-electron chi connectivity index (χ0n) is 13.9. The van der Waals surface area contributed by atoms with E-state index in [1.807, 2.05) is 30.3 Å². The zero-order valence-corrected chi connectivity index (χ0v) is 13.9. The van der Waals surface area contributed by atoms with E-state index in [0.29, 0.717) is 17.9 Å². The molecule has 6 nitrogen and oxygen atoms in total. The minimum Gasteiger partial charge on any atom is -0.355 e. The Hall–Kier alpha value is -2.89. The number of fused-ring (bicyclic) bond motifs is 1. The third-order valence-corrected chi connectivity index (χ3v) is 4.66. The highest BCUT2D eigenvalue weighted by atomic mass is 16.5. The quantitative estimate of drug-likeness (QED) is 0.716. The number of aromatic nitrogens is 3. The first kappa shape index (κ1) is 15.6. The predicted octanol–water partition coefficient (Wildman–Crippen LogP) is 3.26. The van der Waals surface area contributed by atoms with Crippen LogP contribution in [0.2, 0.25) is 0 Å². The van der Waals surface area contributed by atoms with Crippen molar-refractivity contribution in [2.24, 2.45) is 0 Å². The highest BCUT2D eigenvalue weighted by molar-refractivity contribution is 5.99. The molecule has 0 atom stereocenters. The van der Waals surface area contributed by atoms with Crippen LogP contribution in [0, 0.1) is 0 Å². The maximum Gasteiger partial charge on any atom is 0.257 e. The minimum atomic E-state index is -0.203. The van der Waals surface area contributed by atoms with Gasteiger partial charge < -0.3 is 9.84 Å². The van der Waals surface area contributed by atoms with E-state index in [2.05, 4.69) is 20.7 Å². The van der Waals surface area contributed by atoms with Crippen molar-refractivity contribution in [2.45, 2.75) is 38.6 Å². The van der Waals surface area contributed by atoms with Crippen LogP contribution in [0.1, 0.15) is 46.6 Å². The fourth-order valence-corrected chi connectivity index (χ4v) is 3.33. The second-order valence-corrected chi connectivity index (χ2v) is 6.31. The van der Waals surface area contributed by atoms with Crippen molar-refractivity contribution in [3.8, 4) is 11.3 Å². The van der Waals surface area contributed by atoms with Gasteiger partial charge in [-0.25, -0.2) is 0 Å². The molecule has 0 bridgehead atoms. The number of rotatable bonds is 4. The monoisotopic (exact) mass is 336 g/mol. The fourth-order valence-electron chi connectivity index (χ4n) is 3.33. The molecule has 1 aromatic carbocycles. The Labute approximate surface area is 145 Å². The number of hydrogen-bond acceptors (Lipinski definition) is 4. The van der Waals surface area contributed by atoms with Crippen molar-refractivity contribution >= 4 is 5.91 Å². The van der Waals surface area contributed by atoms with Crippen molar-refractivity contribution in [3.05, 3.63) is 59.0 Å². The second kappa shape index (κ2) is 6.93. The van der Waals surface area contributed by atoms with Gasteiger partial charge in [0, 0.05) is 11.3 Å². The second-order valence-electron chi connectivity index (χ2n) is 6.31. The number of hydrogen-bond donors (Lipinski definition) is 2. The van der Waals surface area contributed by atoms with Crippen LogP contribution >= 0.6 is 0 Å². The summed E-state index contributed by atoms with van der Waals surface area (Å²) in [6.07, 6.45) is 7.15. The lowest BCUT2D eigenvalue weighted by Crippen LogP contribution is -2.23. The molecule has 2 N–H and O–H groups in total. The van der Waals surface area contributed by atoms with Crippen LogP contribution in [0.3, 0.4) is 0 Å². The number of nitrogens with zero attached hydrogens (tertiary/aromatic N) is 2. The summed E-state index contributed by atoms with van der Waals surface area (Å²) in [6, 6.07) is 9.51. The van der Waals surface area contributed by atoms with E-state index in [4.69, 9.17) is 4.52 Å². The summed E-state index contributed by atoms with van der Waals surface area (Å²) < 4.78 is 5.28. The molecule has 1 amide bonds. The van der Waals surface area contributed by atoms with Crippen LogP contribution in [-0.4, -0.2) is 21.3 Å². The maximum absolute atomic E-state index is 12.6. The zero-order chi connectivity index (χ0) is 17.1. The molecule has 6 heteroatoms. The fraction of sp³-hybridized carbons (Fsp3) is 0.316. The van der Waals surface area contributed by atoms with Gasteiger partial charge in [0.2, 0.25) is 0 Å². The number of amides is 1. The molecule has 0 saturated carbocycles. The van der Waals surface area contributed by atoms with E-state index >= 15 is 0 Å². The summed E-state index contributed by atoms with van der Waals surface area (Å²) in [6.45, 7) is 0.407. The Morgan fingerprint density at radius 1 is 1.16 bits per heavy atom. The van der Waals surface area contributed by atoms with Gasteiger partial charge in [0.05, 0.1) is 18.4 Å². The lowest BCUT2D eigenvalue weighted by molar-refractivity contribution is 0.0950. The van der Waals surface area contributed by atoms with Gasteiger partial charge in [-0.2, -0.15) is 5.10 Å². The smallest absolute Gasteiger partial charge is 0.257 e. The summed E-state index contributed by atoms with van der Waals surface area (Å²) in [5.74, 6) is 0.282. The van der Waals surface area contributed by atoms with Crippen LogP contribution in [0.25, 0.3) is 11.3 Å². The topological polar surface area (TPSA) is 83.8 Å². The standard InChI is InChI=1S/C19H20N4O2/c24-19(15-11-21-25-18(15)13-7-3-1-4-8-13)20-12-17-14-9-5-2-6-10-16(14)22-23-17/h1,3-4,7-8,11H,2,5-6,9-10,12H2,(H,20,24)(H,22,23). The Morgan fingerprint density at radius 3 is 2.88 bits per heavy atom. The van der Waals surface area contributed by atoms with Crippen LogP contribution in [0.4, 0.5) is 0 Å². The Balaban J connectivity index is 1.49. The van der Waals surface area contributed by atoms with Crippen LogP contribution in [-0.2, 0) is 19.4 Å². The molecular formula is C19H20N4O2. The molecule has 2 heterocycles. The van der Waals surface area contributed by atoms with Gasteiger partial charge in [-0.15, -0.1) is 0 Å². The van der Waals surface area contributed by atoms with Crippen molar-refractivity contribution in [2.75, 3.05) is 0 Å². The van der Waals surface area contributed by atoms with Crippen molar-refractivity contribution in [1.82, 2.24) is 20.7 Å². The van der Waals surface area contributed by atoms with Gasteiger partial charge in [0.25, 0.3) is 5.91 Å². The first-order valence-electron chi connectivity index (χ1n) is 8.66. The molecule has 0 radical (unpaired) electrons.